The Bertz CT molecular complexity index is 635. The van der Waals surface area contributed by atoms with Gasteiger partial charge < -0.3 is 19.9 Å². The average Bonchev–Trinajstić information content (AvgIpc) is 3.25. The van der Waals surface area contributed by atoms with E-state index in [1.165, 1.54) is 32.1 Å². The fourth-order valence-electron chi connectivity index (χ4n) is 4.80. The van der Waals surface area contributed by atoms with Crippen molar-refractivity contribution in [3.63, 3.8) is 0 Å². The number of aromatic nitrogens is 1. The van der Waals surface area contributed by atoms with Crippen LogP contribution >= 0.6 is 24.0 Å². The zero-order chi connectivity index (χ0) is 20.5. The Hall–Kier alpha value is -0.870. The number of guanidine groups is 1. The first-order valence-electron chi connectivity index (χ1n) is 11.4. The molecule has 7 nitrogen and oxygen atoms in total. The Labute approximate surface area is 198 Å². The normalized spacial score (nSPS) is 20.1. The van der Waals surface area contributed by atoms with Crippen molar-refractivity contribution < 1.29 is 9.26 Å². The molecule has 0 amide bonds. The quantitative estimate of drug-likeness (QED) is 0.300. The van der Waals surface area contributed by atoms with Gasteiger partial charge >= 0.3 is 0 Å². The van der Waals surface area contributed by atoms with Gasteiger partial charge in [-0.25, -0.2) is 0 Å². The number of nitrogens with one attached hydrogen (secondary N) is 2. The monoisotopic (exact) mass is 533 g/mol. The SMILES string of the molecule is CCC(CC)c1cc(CNC(=NC)NCC2(N3CCOCC3)CCCCC2)on1.I. The summed E-state index contributed by atoms with van der Waals surface area (Å²) < 4.78 is 11.1. The zero-order valence-corrected chi connectivity index (χ0v) is 21.2. The lowest BCUT2D eigenvalue weighted by Crippen LogP contribution is -2.60. The molecule has 1 aromatic rings. The van der Waals surface area contributed by atoms with E-state index in [1.54, 1.807) is 0 Å². The summed E-state index contributed by atoms with van der Waals surface area (Å²) in [4.78, 5) is 7.07. The van der Waals surface area contributed by atoms with E-state index in [0.717, 1.165) is 63.1 Å². The van der Waals surface area contributed by atoms with Crippen LogP contribution in [0, 0.1) is 0 Å². The molecule has 0 bridgehead atoms. The number of morpholine rings is 1. The third kappa shape index (κ3) is 6.56. The number of hydrogen-bond acceptors (Lipinski definition) is 5. The van der Waals surface area contributed by atoms with E-state index in [1.807, 2.05) is 7.05 Å². The predicted molar refractivity (Wildman–Crippen MR) is 132 cm³/mol. The van der Waals surface area contributed by atoms with Gasteiger partial charge in [-0.2, -0.15) is 0 Å². The van der Waals surface area contributed by atoms with Crippen LogP contribution in [-0.4, -0.2) is 61.5 Å². The maximum Gasteiger partial charge on any atom is 0.191 e. The summed E-state index contributed by atoms with van der Waals surface area (Å²) in [6, 6.07) is 2.08. The van der Waals surface area contributed by atoms with Gasteiger partial charge in [-0.05, 0) is 25.7 Å². The van der Waals surface area contributed by atoms with Crippen molar-refractivity contribution in [1.82, 2.24) is 20.7 Å². The molecule has 0 aromatic carbocycles. The molecule has 0 radical (unpaired) electrons. The molecular weight excluding hydrogens is 493 g/mol. The van der Waals surface area contributed by atoms with Gasteiger partial charge in [-0.1, -0.05) is 38.3 Å². The van der Waals surface area contributed by atoms with Gasteiger partial charge in [-0.3, -0.25) is 9.89 Å². The Morgan fingerprint density at radius 1 is 1.17 bits per heavy atom. The molecule has 0 unspecified atom stereocenters. The topological polar surface area (TPSA) is 74.9 Å². The van der Waals surface area contributed by atoms with Crippen molar-refractivity contribution in [3.8, 4) is 0 Å². The fourth-order valence-corrected chi connectivity index (χ4v) is 4.80. The molecule has 1 aliphatic carbocycles. The van der Waals surface area contributed by atoms with E-state index in [-0.39, 0.29) is 29.5 Å². The molecule has 8 heteroatoms. The maximum atomic E-state index is 5.59. The summed E-state index contributed by atoms with van der Waals surface area (Å²) in [5.74, 6) is 2.16. The first-order chi connectivity index (χ1) is 14.2. The molecular formula is C22H40IN5O2. The first kappa shape index (κ1) is 25.4. The van der Waals surface area contributed by atoms with Gasteiger partial charge in [0.15, 0.2) is 11.7 Å². The molecule has 1 aliphatic heterocycles. The highest BCUT2D eigenvalue weighted by Gasteiger charge is 2.38. The van der Waals surface area contributed by atoms with Crippen LogP contribution in [0.25, 0.3) is 0 Å². The highest BCUT2D eigenvalue weighted by atomic mass is 127. The largest absolute Gasteiger partial charge is 0.379 e. The maximum absolute atomic E-state index is 5.59. The van der Waals surface area contributed by atoms with E-state index < -0.39 is 0 Å². The van der Waals surface area contributed by atoms with Gasteiger partial charge in [0.1, 0.15) is 0 Å². The second-order valence-electron chi connectivity index (χ2n) is 8.40. The van der Waals surface area contributed by atoms with Crippen LogP contribution in [0.15, 0.2) is 15.6 Å². The van der Waals surface area contributed by atoms with E-state index in [2.05, 4.69) is 45.6 Å². The van der Waals surface area contributed by atoms with Gasteiger partial charge in [-0.15, -0.1) is 24.0 Å². The van der Waals surface area contributed by atoms with Gasteiger partial charge in [0, 0.05) is 44.2 Å². The van der Waals surface area contributed by atoms with Crippen LogP contribution in [0.3, 0.4) is 0 Å². The third-order valence-corrected chi connectivity index (χ3v) is 6.69. The van der Waals surface area contributed by atoms with Crippen molar-refractivity contribution in [3.05, 3.63) is 17.5 Å². The second-order valence-corrected chi connectivity index (χ2v) is 8.40. The van der Waals surface area contributed by atoms with E-state index in [9.17, 15) is 0 Å². The van der Waals surface area contributed by atoms with Crippen molar-refractivity contribution in [2.75, 3.05) is 39.9 Å². The Morgan fingerprint density at radius 3 is 2.50 bits per heavy atom. The highest BCUT2D eigenvalue weighted by molar-refractivity contribution is 14.0. The zero-order valence-electron chi connectivity index (χ0n) is 18.9. The van der Waals surface area contributed by atoms with E-state index in [4.69, 9.17) is 9.26 Å². The molecule has 1 aromatic heterocycles. The molecule has 172 valence electrons. The second kappa shape index (κ2) is 12.9. The standard InChI is InChI=1S/C22H39N5O2.HI/c1-4-18(5-2)20-15-19(29-26-20)16-24-21(23-3)25-17-22(9-7-6-8-10-22)27-11-13-28-14-12-27;/h15,18H,4-14,16-17H2,1-3H3,(H2,23,24,25);1H. The molecule has 2 fully saturated rings. The first-order valence-corrected chi connectivity index (χ1v) is 11.4. The lowest BCUT2D eigenvalue weighted by Gasteiger charge is -2.48. The molecule has 1 saturated heterocycles. The molecule has 2 aliphatic rings. The van der Waals surface area contributed by atoms with Crippen molar-refractivity contribution >= 4 is 29.9 Å². The van der Waals surface area contributed by atoms with Gasteiger partial charge in [0.25, 0.3) is 0 Å². The molecule has 2 heterocycles. The summed E-state index contributed by atoms with van der Waals surface area (Å²) in [6.45, 7) is 9.66. The third-order valence-electron chi connectivity index (χ3n) is 6.69. The number of halogens is 1. The molecule has 2 N–H and O–H groups in total. The van der Waals surface area contributed by atoms with E-state index >= 15 is 0 Å². The fraction of sp³-hybridized carbons (Fsp3) is 0.818. The summed E-state index contributed by atoms with van der Waals surface area (Å²) in [5, 5.41) is 11.2. The minimum Gasteiger partial charge on any atom is -0.379 e. The summed E-state index contributed by atoms with van der Waals surface area (Å²) in [7, 11) is 1.83. The van der Waals surface area contributed by atoms with Crippen molar-refractivity contribution in [2.24, 2.45) is 4.99 Å². The molecule has 3 rings (SSSR count). The number of ether oxygens (including phenoxy) is 1. The minimum absolute atomic E-state index is 0. The number of aliphatic imine (C=N–C) groups is 1. The van der Waals surface area contributed by atoms with Gasteiger partial charge in [0.05, 0.1) is 25.5 Å². The predicted octanol–water partition coefficient (Wildman–Crippen LogP) is 3.90. The minimum atomic E-state index is 0. The van der Waals surface area contributed by atoms with Crippen LogP contribution in [0.1, 0.15) is 76.2 Å². The van der Waals surface area contributed by atoms with E-state index in [0.29, 0.717) is 12.5 Å². The number of rotatable bonds is 8. The summed E-state index contributed by atoms with van der Waals surface area (Å²) in [5.41, 5.74) is 1.28. The average molecular weight is 533 g/mol. The van der Waals surface area contributed by atoms with Crippen LogP contribution < -0.4 is 10.6 Å². The lowest BCUT2D eigenvalue weighted by molar-refractivity contribution is -0.0352. The van der Waals surface area contributed by atoms with Crippen LogP contribution in [0.4, 0.5) is 0 Å². The number of hydrogen-bond donors (Lipinski definition) is 2. The Balaban J connectivity index is 0.00000320. The van der Waals surface area contributed by atoms with Crippen LogP contribution in [0.2, 0.25) is 0 Å². The van der Waals surface area contributed by atoms with Crippen LogP contribution in [-0.2, 0) is 11.3 Å². The molecule has 0 atom stereocenters. The van der Waals surface area contributed by atoms with Crippen molar-refractivity contribution in [2.45, 2.75) is 76.8 Å². The molecule has 0 spiro atoms. The highest BCUT2D eigenvalue weighted by Crippen LogP contribution is 2.33. The van der Waals surface area contributed by atoms with Crippen molar-refractivity contribution in [1.29, 1.82) is 0 Å². The summed E-state index contributed by atoms with van der Waals surface area (Å²) in [6.07, 6.45) is 8.63. The molecule has 1 saturated carbocycles. The Kier molecular flexibility index (Phi) is 10.9. The Morgan fingerprint density at radius 2 is 1.87 bits per heavy atom. The van der Waals surface area contributed by atoms with Crippen LogP contribution in [0.5, 0.6) is 0 Å². The number of nitrogens with zero attached hydrogens (tertiary/aromatic N) is 3. The lowest BCUT2D eigenvalue weighted by atomic mass is 9.80. The smallest absolute Gasteiger partial charge is 0.191 e. The van der Waals surface area contributed by atoms with Gasteiger partial charge in [0.2, 0.25) is 0 Å². The summed E-state index contributed by atoms with van der Waals surface area (Å²) >= 11 is 0. The molecule has 30 heavy (non-hydrogen) atoms.